The molecule has 1 heterocycles. The maximum absolute atomic E-state index is 12.9. The van der Waals surface area contributed by atoms with Gasteiger partial charge in [-0.3, -0.25) is 9.59 Å². The fourth-order valence-corrected chi connectivity index (χ4v) is 3.53. The zero-order chi connectivity index (χ0) is 18.8. The third-order valence-electron chi connectivity index (χ3n) is 5.09. The number of likely N-dealkylation sites (tertiary alicyclic amines) is 1. The number of aliphatic carboxylic acids is 1. The molecule has 5 nitrogen and oxygen atoms in total. The van der Waals surface area contributed by atoms with Crippen LogP contribution in [0.25, 0.3) is 0 Å². The van der Waals surface area contributed by atoms with E-state index in [0.29, 0.717) is 35.9 Å². The molecular weight excluding hydrogens is 342 g/mol. The summed E-state index contributed by atoms with van der Waals surface area (Å²) in [5.41, 5.74) is -0.0411. The molecule has 0 aliphatic carbocycles. The number of aryl methyl sites for hydroxylation is 1. The van der Waals surface area contributed by atoms with Crippen LogP contribution < -0.4 is 0 Å². The van der Waals surface area contributed by atoms with Gasteiger partial charge in [-0.2, -0.15) is 0 Å². The van der Waals surface area contributed by atoms with Gasteiger partial charge in [-0.15, -0.1) is 0 Å². The fraction of sp³-hybridized carbons (Fsp3) is 0.579. The van der Waals surface area contributed by atoms with Crippen molar-refractivity contribution in [2.75, 3.05) is 13.1 Å². The molecule has 138 valence electrons. The van der Waals surface area contributed by atoms with Crippen LogP contribution >= 0.6 is 11.6 Å². The van der Waals surface area contributed by atoms with Gasteiger partial charge in [0, 0.05) is 23.7 Å². The molecular formula is C19H26ClNO4. The molecule has 1 aromatic carbocycles. The Bertz CT molecular complexity index is 661. The van der Waals surface area contributed by atoms with Crippen LogP contribution in [0.3, 0.4) is 0 Å². The van der Waals surface area contributed by atoms with Gasteiger partial charge in [0.25, 0.3) is 5.91 Å². The summed E-state index contributed by atoms with van der Waals surface area (Å²) in [6, 6.07) is 5.11. The van der Waals surface area contributed by atoms with Crippen LogP contribution in [0.2, 0.25) is 5.02 Å². The lowest BCUT2D eigenvalue weighted by Gasteiger charge is -2.43. The number of carboxylic acid groups (broad SMARTS) is 1. The first-order chi connectivity index (χ1) is 11.7. The van der Waals surface area contributed by atoms with Crippen molar-refractivity contribution in [3.63, 3.8) is 0 Å². The lowest BCUT2D eigenvalue weighted by Crippen LogP contribution is -2.57. The molecule has 2 N–H and O–H groups in total. The van der Waals surface area contributed by atoms with E-state index in [1.54, 1.807) is 23.1 Å². The summed E-state index contributed by atoms with van der Waals surface area (Å²) >= 11 is 6.01. The second-order valence-electron chi connectivity index (χ2n) is 7.38. The molecule has 0 saturated carbocycles. The van der Waals surface area contributed by atoms with Crippen LogP contribution in [0.15, 0.2) is 18.2 Å². The second kappa shape index (κ2) is 7.75. The molecule has 0 bridgehead atoms. The van der Waals surface area contributed by atoms with Gasteiger partial charge in [-0.25, -0.2) is 0 Å². The van der Waals surface area contributed by atoms with E-state index in [2.05, 4.69) is 0 Å². The van der Waals surface area contributed by atoms with Crippen molar-refractivity contribution in [2.45, 2.75) is 46.1 Å². The molecule has 1 aliphatic rings. The summed E-state index contributed by atoms with van der Waals surface area (Å²) in [6.07, 6.45) is 0.338. The van der Waals surface area contributed by atoms with Gasteiger partial charge in [0.15, 0.2) is 0 Å². The Labute approximate surface area is 153 Å². The second-order valence-corrected chi connectivity index (χ2v) is 7.82. The molecule has 1 saturated heterocycles. The Kier molecular flexibility index (Phi) is 6.12. The monoisotopic (exact) mass is 367 g/mol. The van der Waals surface area contributed by atoms with Crippen molar-refractivity contribution >= 4 is 23.5 Å². The quantitative estimate of drug-likeness (QED) is 0.836. The molecule has 0 aromatic heterocycles. The summed E-state index contributed by atoms with van der Waals surface area (Å²) in [4.78, 5) is 26.5. The number of aliphatic hydroxyl groups is 1. The Balaban J connectivity index is 2.29. The van der Waals surface area contributed by atoms with Gasteiger partial charge < -0.3 is 15.1 Å². The summed E-state index contributed by atoms with van der Waals surface area (Å²) in [7, 11) is 0. The summed E-state index contributed by atoms with van der Waals surface area (Å²) in [5.74, 6) is -0.951. The smallest absolute Gasteiger partial charge is 0.314 e. The fourth-order valence-electron chi connectivity index (χ4n) is 3.36. The van der Waals surface area contributed by atoms with E-state index >= 15 is 0 Å². The highest BCUT2D eigenvalue weighted by Gasteiger charge is 2.49. The first-order valence-electron chi connectivity index (χ1n) is 8.64. The number of rotatable bonds is 5. The standard InChI is InChI=1S/C19H26ClNO4/c1-12(2)6-8-19(18(24)25)11-21(9-7-16(19)22)17(23)15-10-14(20)5-4-13(15)3/h4-5,10,12,16,22H,6-9,11H2,1-3H3,(H,24,25)/t16-,19+/m0/s1. The predicted molar refractivity (Wildman–Crippen MR) is 96.9 cm³/mol. The van der Waals surface area contributed by atoms with Crippen molar-refractivity contribution in [3.8, 4) is 0 Å². The van der Waals surface area contributed by atoms with E-state index in [1.807, 2.05) is 20.8 Å². The number of aliphatic hydroxyl groups excluding tert-OH is 1. The largest absolute Gasteiger partial charge is 0.481 e. The summed E-state index contributed by atoms with van der Waals surface area (Å²) < 4.78 is 0. The molecule has 1 amide bonds. The first kappa shape index (κ1) is 19.7. The lowest BCUT2D eigenvalue weighted by molar-refractivity contribution is -0.163. The zero-order valence-electron chi connectivity index (χ0n) is 15.0. The minimum atomic E-state index is -1.31. The summed E-state index contributed by atoms with van der Waals surface area (Å²) in [5, 5.41) is 20.7. The number of nitrogens with zero attached hydrogens (tertiary/aromatic N) is 1. The van der Waals surface area contributed by atoms with E-state index in [9.17, 15) is 19.8 Å². The van der Waals surface area contributed by atoms with Crippen LogP contribution in [0.5, 0.6) is 0 Å². The Morgan fingerprint density at radius 3 is 2.68 bits per heavy atom. The van der Waals surface area contributed by atoms with Gasteiger partial charge in [0.05, 0.1) is 6.10 Å². The van der Waals surface area contributed by atoms with Crippen LogP contribution in [0, 0.1) is 18.3 Å². The van der Waals surface area contributed by atoms with Crippen molar-refractivity contribution in [1.29, 1.82) is 0 Å². The molecule has 1 aliphatic heterocycles. The number of carboxylic acids is 1. The first-order valence-corrected chi connectivity index (χ1v) is 9.02. The topological polar surface area (TPSA) is 77.8 Å². The number of piperidine rings is 1. The van der Waals surface area contributed by atoms with Crippen molar-refractivity contribution in [1.82, 2.24) is 4.90 Å². The average Bonchev–Trinajstić information content (AvgIpc) is 2.55. The van der Waals surface area contributed by atoms with E-state index < -0.39 is 17.5 Å². The van der Waals surface area contributed by atoms with Crippen LogP contribution in [0.4, 0.5) is 0 Å². The predicted octanol–water partition coefficient (Wildman–Crippen LogP) is 3.36. The van der Waals surface area contributed by atoms with Crippen molar-refractivity contribution in [3.05, 3.63) is 34.3 Å². The van der Waals surface area contributed by atoms with Crippen LogP contribution in [-0.4, -0.2) is 46.2 Å². The highest BCUT2D eigenvalue weighted by molar-refractivity contribution is 6.31. The third kappa shape index (κ3) is 4.15. The van der Waals surface area contributed by atoms with Gasteiger partial charge in [0.1, 0.15) is 5.41 Å². The van der Waals surface area contributed by atoms with Gasteiger partial charge in [-0.1, -0.05) is 31.5 Å². The molecule has 0 radical (unpaired) electrons. The normalized spacial score (nSPS) is 23.8. The summed E-state index contributed by atoms with van der Waals surface area (Å²) in [6.45, 7) is 6.21. The minimum absolute atomic E-state index is 0.0149. The van der Waals surface area contributed by atoms with Crippen LogP contribution in [0.1, 0.15) is 49.0 Å². The van der Waals surface area contributed by atoms with Crippen molar-refractivity contribution < 1.29 is 19.8 Å². The molecule has 0 unspecified atom stereocenters. The zero-order valence-corrected chi connectivity index (χ0v) is 15.7. The van der Waals surface area contributed by atoms with Gasteiger partial charge in [0.2, 0.25) is 0 Å². The van der Waals surface area contributed by atoms with E-state index in [-0.39, 0.29) is 18.9 Å². The maximum Gasteiger partial charge on any atom is 0.314 e. The van der Waals surface area contributed by atoms with E-state index in [1.165, 1.54) is 0 Å². The number of carbonyl (C=O) groups is 2. The Hall–Kier alpha value is -1.59. The Morgan fingerprint density at radius 1 is 1.40 bits per heavy atom. The van der Waals surface area contributed by atoms with Gasteiger partial charge >= 0.3 is 5.97 Å². The lowest BCUT2D eigenvalue weighted by atomic mass is 9.72. The maximum atomic E-state index is 12.9. The minimum Gasteiger partial charge on any atom is -0.481 e. The highest BCUT2D eigenvalue weighted by Crippen LogP contribution is 2.37. The molecule has 2 rings (SSSR count). The van der Waals surface area contributed by atoms with E-state index in [4.69, 9.17) is 11.6 Å². The number of amides is 1. The molecule has 0 spiro atoms. The number of benzene rings is 1. The molecule has 25 heavy (non-hydrogen) atoms. The highest BCUT2D eigenvalue weighted by atomic mass is 35.5. The van der Waals surface area contributed by atoms with Crippen LogP contribution in [-0.2, 0) is 4.79 Å². The van der Waals surface area contributed by atoms with E-state index in [0.717, 1.165) is 5.56 Å². The number of carbonyl (C=O) groups excluding carboxylic acids is 1. The SMILES string of the molecule is Cc1ccc(Cl)cc1C(=O)N1CC[C@H](O)[C@](CCC(C)C)(C(=O)O)C1. The average molecular weight is 368 g/mol. The number of hydrogen-bond acceptors (Lipinski definition) is 3. The molecule has 1 aromatic rings. The number of halogens is 1. The molecule has 6 heteroatoms. The Morgan fingerprint density at radius 2 is 2.08 bits per heavy atom. The van der Waals surface area contributed by atoms with Gasteiger partial charge in [-0.05, 0) is 49.8 Å². The third-order valence-corrected chi connectivity index (χ3v) is 5.33. The van der Waals surface area contributed by atoms with Crippen molar-refractivity contribution in [2.24, 2.45) is 11.3 Å². The number of hydrogen-bond donors (Lipinski definition) is 2. The molecule has 1 fully saturated rings. The molecule has 2 atom stereocenters.